The number of fused-ring (bicyclic) bond motifs is 4. The van der Waals surface area contributed by atoms with Crippen LogP contribution in [0.15, 0.2) is 66.7 Å². The molecule has 0 saturated carbocycles. The molecule has 3 aliphatic rings. The molecular formula is C30H32N4O3. The number of nitrogens with one attached hydrogen (secondary N) is 1. The van der Waals surface area contributed by atoms with Crippen molar-refractivity contribution in [3.63, 3.8) is 0 Å². The molecule has 7 nitrogen and oxygen atoms in total. The molecule has 2 unspecified atom stereocenters. The van der Waals surface area contributed by atoms with E-state index in [0.717, 1.165) is 24.4 Å². The number of nitrogens with zero attached hydrogens (tertiary/aromatic N) is 3. The number of ether oxygens (including phenoxy) is 1. The number of amides is 3. The standard InChI is InChI=1S/C30H32N4O3/c1-20-8-6-12-26(21(20)2)32-14-16-33(17-15-32)28(35)22-9-7-10-23(18-22)34-29(36)31-25-19-30(34,3)37-27-13-5-4-11-24(25)27/h4-13,18,25H,14-17,19H2,1-3H3,(H,31,36). The number of aryl methyl sites for hydroxylation is 1. The lowest BCUT2D eigenvalue weighted by molar-refractivity contribution is 0.0378. The normalized spacial score (nSPS) is 22.7. The van der Waals surface area contributed by atoms with Crippen molar-refractivity contribution in [3.05, 3.63) is 89.0 Å². The Labute approximate surface area is 217 Å². The lowest BCUT2D eigenvalue weighted by atomic mass is 9.90. The molecule has 2 atom stereocenters. The van der Waals surface area contributed by atoms with Gasteiger partial charge < -0.3 is 19.9 Å². The lowest BCUT2D eigenvalue weighted by Gasteiger charge is -2.50. The van der Waals surface area contributed by atoms with Gasteiger partial charge in [0.25, 0.3) is 5.91 Å². The quantitative estimate of drug-likeness (QED) is 0.552. The van der Waals surface area contributed by atoms with E-state index in [9.17, 15) is 9.59 Å². The van der Waals surface area contributed by atoms with Crippen molar-refractivity contribution >= 4 is 23.3 Å². The summed E-state index contributed by atoms with van der Waals surface area (Å²) in [5, 5.41) is 3.12. The van der Waals surface area contributed by atoms with E-state index in [1.165, 1.54) is 16.8 Å². The van der Waals surface area contributed by atoms with E-state index in [1.54, 1.807) is 4.90 Å². The number of hydrogen-bond acceptors (Lipinski definition) is 4. The van der Waals surface area contributed by atoms with E-state index in [0.29, 0.717) is 30.8 Å². The van der Waals surface area contributed by atoms with Crippen molar-refractivity contribution in [1.82, 2.24) is 10.2 Å². The minimum atomic E-state index is -0.847. The second-order valence-corrected chi connectivity index (χ2v) is 10.4. The van der Waals surface area contributed by atoms with Crippen LogP contribution in [0.3, 0.4) is 0 Å². The molecule has 0 aromatic heterocycles. The Kier molecular flexibility index (Phi) is 5.59. The molecule has 7 heteroatoms. The summed E-state index contributed by atoms with van der Waals surface area (Å²) >= 11 is 0. The van der Waals surface area contributed by atoms with Crippen LogP contribution >= 0.6 is 0 Å². The lowest BCUT2D eigenvalue weighted by Crippen LogP contribution is -2.65. The third-order valence-corrected chi connectivity index (χ3v) is 8.02. The maximum absolute atomic E-state index is 13.5. The van der Waals surface area contributed by atoms with Crippen molar-refractivity contribution in [3.8, 4) is 5.75 Å². The molecule has 2 bridgehead atoms. The Morgan fingerprint density at radius 3 is 2.54 bits per heavy atom. The van der Waals surface area contributed by atoms with Crippen molar-refractivity contribution in [1.29, 1.82) is 0 Å². The minimum absolute atomic E-state index is 0.0159. The molecule has 0 aliphatic carbocycles. The molecule has 0 radical (unpaired) electrons. The summed E-state index contributed by atoms with van der Waals surface area (Å²) in [6, 6.07) is 21.2. The number of carbonyl (C=O) groups excluding carboxylic acids is 2. The third-order valence-electron chi connectivity index (χ3n) is 8.02. The van der Waals surface area contributed by atoms with Gasteiger partial charge in [-0.05, 0) is 62.2 Å². The molecule has 0 spiro atoms. The molecule has 2 saturated heterocycles. The van der Waals surface area contributed by atoms with Crippen LogP contribution in [-0.4, -0.2) is 48.7 Å². The number of benzene rings is 3. The number of carbonyl (C=O) groups is 2. The smallest absolute Gasteiger partial charge is 0.325 e. The maximum Gasteiger partial charge on any atom is 0.325 e. The second kappa shape index (κ2) is 8.83. The molecule has 2 fully saturated rings. The van der Waals surface area contributed by atoms with Crippen LogP contribution in [0.25, 0.3) is 0 Å². The monoisotopic (exact) mass is 496 g/mol. The first-order chi connectivity index (χ1) is 17.8. The summed E-state index contributed by atoms with van der Waals surface area (Å²) in [6.45, 7) is 9.11. The molecule has 37 heavy (non-hydrogen) atoms. The Balaban J connectivity index is 1.21. The molecule has 3 heterocycles. The molecule has 6 rings (SSSR count). The average molecular weight is 497 g/mol. The summed E-state index contributed by atoms with van der Waals surface area (Å²) < 4.78 is 6.38. The van der Waals surface area contributed by atoms with Crippen LogP contribution in [-0.2, 0) is 0 Å². The zero-order chi connectivity index (χ0) is 25.7. The number of anilines is 2. The molecule has 3 aromatic rings. The zero-order valence-electron chi connectivity index (χ0n) is 21.5. The van der Waals surface area contributed by atoms with E-state index in [1.807, 2.05) is 60.4 Å². The van der Waals surface area contributed by atoms with E-state index >= 15 is 0 Å². The Morgan fingerprint density at radius 2 is 1.73 bits per heavy atom. The highest BCUT2D eigenvalue weighted by molar-refractivity contribution is 5.99. The SMILES string of the molecule is Cc1cccc(N2CCN(C(=O)c3cccc(N4C(=O)NC5CC4(C)Oc4ccccc45)c3)CC2)c1C. The topological polar surface area (TPSA) is 65.1 Å². The highest BCUT2D eigenvalue weighted by atomic mass is 16.5. The number of para-hydroxylation sites is 1. The molecule has 190 valence electrons. The van der Waals surface area contributed by atoms with Crippen LogP contribution < -0.4 is 19.9 Å². The molecule has 3 aromatic carbocycles. The summed E-state index contributed by atoms with van der Waals surface area (Å²) in [4.78, 5) is 32.7. The first kappa shape index (κ1) is 23.4. The van der Waals surface area contributed by atoms with Gasteiger partial charge >= 0.3 is 6.03 Å². The van der Waals surface area contributed by atoms with Crippen LogP contribution in [0.4, 0.5) is 16.2 Å². The van der Waals surface area contributed by atoms with Gasteiger partial charge in [-0.25, -0.2) is 4.79 Å². The summed E-state index contributed by atoms with van der Waals surface area (Å²) in [5.41, 5.74) is 5.19. The number of piperazine rings is 1. The van der Waals surface area contributed by atoms with E-state index in [2.05, 4.69) is 42.3 Å². The average Bonchev–Trinajstić information content (AvgIpc) is 2.89. The van der Waals surface area contributed by atoms with E-state index in [-0.39, 0.29) is 18.0 Å². The summed E-state index contributed by atoms with van der Waals surface area (Å²) in [6.07, 6.45) is 0.619. The highest BCUT2D eigenvalue weighted by Gasteiger charge is 2.49. The van der Waals surface area contributed by atoms with Gasteiger partial charge in [0, 0.05) is 49.4 Å². The highest BCUT2D eigenvalue weighted by Crippen LogP contribution is 2.45. The van der Waals surface area contributed by atoms with Gasteiger partial charge in [0.05, 0.1) is 11.7 Å². The predicted octanol–water partition coefficient (Wildman–Crippen LogP) is 5.04. The van der Waals surface area contributed by atoms with Crippen LogP contribution in [0, 0.1) is 13.8 Å². The summed E-state index contributed by atoms with van der Waals surface area (Å²) in [7, 11) is 0. The number of rotatable bonds is 3. The molecular weight excluding hydrogens is 464 g/mol. The van der Waals surface area contributed by atoms with Gasteiger partial charge in [-0.1, -0.05) is 36.4 Å². The van der Waals surface area contributed by atoms with Crippen LogP contribution in [0.1, 0.15) is 46.4 Å². The fourth-order valence-electron chi connectivity index (χ4n) is 5.90. The van der Waals surface area contributed by atoms with Crippen molar-refractivity contribution < 1.29 is 14.3 Å². The van der Waals surface area contributed by atoms with Gasteiger partial charge in [0.2, 0.25) is 0 Å². The van der Waals surface area contributed by atoms with Gasteiger partial charge in [0.1, 0.15) is 5.75 Å². The molecule has 3 aliphatic heterocycles. The Morgan fingerprint density at radius 1 is 0.973 bits per heavy atom. The first-order valence-corrected chi connectivity index (χ1v) is 12.9. The summed E-state index contributed by atoms with van der Waals surface area (Å²) in [5.74, 6) is 0.762. The largest absolute Gasteiger partial charge is 0.467 e. The van der Waals surface area contributed by atoms with Gasteiger partial charge in [-0.3, -0.25) is 9.69 Å². The fourth-order valence-corrected chi connectivity index (χ4v) is 5.90. The minimum Gasteiger partial charge on any atom is -0.467 e. The van der Waals surface area contributed by atoms with Crippen molar-refractivity contribution in [2.75, 3.05) is 36.0 Å². The second-order valence-electron chi connectivity index (χ2n) is 10.4. The van der Waals surface area contributed by atoms with Crippen LogP contribution in [0.5, 0.6) is 5.75 Å². The zero-order valence-corrected chi connectivity index (χ0v) is 21.5. The van der Waals surface area contributed by atoms with Crippen molar-refractivity contribution in [2.24, 2.45) is 0 Å². The molecule has 1 N–H and O–H groups in total. The number of hydrogen-bond donors (Lipinski definition) is 1. The van der Waals surface area contributed by atoms with Crippen molar-refractivity contribution in [2.45, 2.75) is 39.0 Å². The first-order valence-electron chi connectivity index (χ1n) is 12.9. The third kappa shape index (κ3) is 3.99. The predicted molar refractivity (Wildman–Crippen MR) is 144 cm³/mol. The Bertz CT molecular complexity index is 1380. The Hall–Kier alpha value is -4.00. The number of urea groups is 1. The van der Waals surface area contributed by atoms with Gasteiger partial charge in [0.15, 0.2) is 5.72 Å². The van der Waals surface area contributed by atoms with Gasteiger partial charge in [-0.15, -0.1) is 0 Å². The van der Waals surface area contributed by atoms with Gasteiger partial charge in [-0.2, -0.15) is 0 Å². The molecule has 3 amide bonds. The van der Waals surface area contributed by atoms with E-state index < -0.39 is 5.72 Å². The van der Waals surface area contributed by atoms with E-state index in [4.69, 9.17) is 4.74 Å². The maximum atomic E-state index is 13.5. The fraction of sp³-hybridized carbons (Fsp3) is 0.333. The van der Waals surface area contributed by atoms with Crippen LogP contribution in [0.2, 0.25) is 0 Å².